The molecule has 0 spiro atoms. The number of carbonyl (C=O) groups is 2. The average molecular weight is 623 g/mol. The number of aliphatic hydroxyl groups excluding tert-OH is 2. The average Bonchev–Trinajstić information content (AvgIpc) is 3.00. The molecule has 2 saturated carbocycles. The van der Waals surface area contributed by atoms with E-state index in [9.17, 15) is 19.8 Å². The van der Waals surface area contributed by atoms with Gasteiger partial charge in [-0.05, 0) is 76.0 Å². The maximum Gasteiger partial charge on any atom is 0.335 e. The molecule has 0 saturated heterocycles. The van der Waals surface area contributed by atoms with Gasteiger partial charge in [-0.3, -0.25) is 0 Å². The summed E-state index contributed by atoms with van der Waals surface area (Å²) in [5.41, 5.74) is 0.358. The first-order valence-corrected chi connectivity index (χ1v) is 17.3. The topological polar surface area (TPSA) is 112 Å². The predicted molar refractivity (Wildman–Crippen MR) is 173 cm³/mol. The summed E-state index contributed by atoms with van der Waals surface area (Å²) in [5, 5.41) is 18.7. The molecule has 8 nitrogen and oxygen atoms in total. The SMILES string of the molecule is C=C(COCC(C)O)C(=O)OCC(CCC1CCC(C2CCC(CCCCC)CC2)CC1)COC(=O)C(=C)COCC(C)O. The van der Waals surface area contributed by atoms with Crippen molar-refractivity contribution in [2.24, 2.45) is 29.6 Å². The van der Waals surface area contributed by atoms with Gasteiger partial charge in [-0.2, -0.15) is 0 Å². The second-order valence-corrected chi connectivity index (χ2v) is 13.6. The van der Waals surface area contributed by atoms with E-state index in [1.54, 1.807) is 13.8 Å². The maximum atomic E-state index is 12.5. The van der Waals surface area contributed by atoms with Crippen molar-refractivity contribution in [1.82, 2.24) is 0 Å². The zero-order valence-electron chi connectivity index (χ0n) is 27.9. The van der Waals surface area contributed by atoms with E-state index in [-0.39, 0.29) is 56.7 Å². The highest BCUT2D eigenvalue weighted by Crippen LogP contribution is 2.43. The molecule has 8 heteroatoms. The summed E-state index contributed by atoms with van der Waals surface area (Å²) < 4.78 is 21.6. The van der Waals surface area contributed by atoms with Crippen LogP contribution in [-0.4, -0.2) is 74.0 Å². The van der Waals surface area contributed by atoms with Crippen molar-refractivity contribution in [2.45, 2.75) is 123 Å². The Bertz CT molecular complexity index is 795. The van der Waals surface area contributed by atoms with Gasteiger partial charge < -0.3 is 29.2 Å². The van der Waals surface area contributed by atoms with Crippen LogP contribution in [0.4, 0.5) is 0 Å². The fourth-order valence-corrected chi connectivity index (χ4v) is 6.68. The first kappa shape index (κ1) is 38.4. The minimum atomic E-state index is -0.629. The summed E-state index contributed by atoms with van der Waals surface area (Å²) >= 11 is 0. The number of hydrogen-bond donors (Lipinski definition) is 2. The Morgan fingerprint density at radius 2 is 1.11 bits per heavy atom. The van der Waals surface area contributed by atoms with E-state index in [0.717, 1.165) is 30.6 Å². The van der Waals surface area contributed by atoms with Crippen molar-refractivity contribution >= 4 is 11.9 Å². The van der Waals surface area contributed by atoms with Crippen molar-refractivity contribution in [1.29, 1.82) is 0 Å². The zero-order valence-corrected chi connectivity index (χ0v) is 27.9. The Morgan fingerprint density at radius 3 is 1.52 bits per heavy atom. The maximum absolute atomic E-state index is 12.5. The molecule has 2 fully saturated rings. The molecular weight excluding hydrogens is 560 g/mol. The first-order valence-electron chi connectivity index (χ1n) is 17.3. The smallest absolute Gasteiger partial charge is 0.335 e. The van der Waals surface area contributed by atoms with Crippen molar-refractivity contribution in [3.05, 3.63) is 24.3 Å². The van der Waals surface area contributed by atoms with Crippen LogP contribution in [0.3, 0.4) is 0 Å². The molecule has 0 radical (unpaired) electrons. The molecule has 0 aliphatic heterocycles. The molecule has 0 heterocycles. The molecule has 0 aromatic rings. The van der Waals surface area contributed by atoms with Gasteiger partial charge >= 0.3 is 11.9 Å². The zero-order chi connectivity index (χ0) is 32.3. The highest BCUT2D eigenvalue weighted by molar-refractivity contribution is 5.88. The monoisotopic (exact) mass is 622 g/mol. The van der Waals surface area contributed by atoms with Crippen LogP contribution in [0, 0.1) is 29.6 Å². The molecule has 0 bridgehead atoms. The van der Waals surface area contributed by atoms with E-state index in [1.165, 1.54) is 77.0 Å². The summed E-state index contributed by atoms with van der Waals surface area (Å²) in [6, 6.07) is 0. The normalized spacial score (nSPS) is 24.2. The fraction of sp³-hybridized carbons (Fsp3) is 0.833. The summed E-state index contributed by atoms with van der Waals surface area (Å²) in [6.07, 6.45) is 16.8. The van der Waals surface area contributed by atoms with Crippen LogP contribution >= 0.6 is 0 Å². The highest BCUT2D eigenvalue weighted by Gasteiger charge is 2.31. The molecule has 2 atom stereocenters. The van der Waals surface area contributed by atoms with Gasteiger partial charge in [0.05, 0.1) is 63.0 Å². The molecule has 0 amide bonds. The van der Waals surface area contributed by atoms with E-state index < -0.39 is 24.1 Å². The van der Waals surface area contributed by atoms with Gasteiger partial charge in [0.25, 0.3) is 0 Å². The lowest BCUT2D eigenvalue weighted by atomic mass is 9.68. The molecular formula is C36H62O8. The number of ether oxygens (including phenoxy) is 4. The Kier molecular flexibility index (Phi) is 19.1. The van der Waals surface area contributed by atoms with E-state index in [1.807, 2.05) is 0 Å². The van der Waals surface area contributed by atoms with Gasteiger partial charge in [0.15, 0.2) is 0 Å². The quantitative estimate of drug-likeness (QED) is 0.0793. The number of hydrogen-bond acceptors (Lipinski definition) is 8. The van der Waals surface area contributed by atoms with Gasteiger partial charge in [-0.1, -0.05) is 71.4 Å². The third-order valence-electron chi connectivity index (χ3n) is 9.40. The molecule has 254 valence electrons. The Hall–Kier alpha value is -1.74. The predicted octanol–water partition coefficient (Wildman–Crippen LogP) is 6.57. The molecule has 44 heavy (non-hydrogen) atoms. The third-order valence-corrected chi connectivity index (χ3v) is 9.40. The second-order valence-electron chi connectivity index (χ2n) is 13.6. The molecule has 0 aromatic carbocycles. The largest absolute Gasteiger partial charge is 0.462 e. The molecule has 2 rings (SSSR count). The minimum absolute atomic E-state index is 0.0145. The van der Waals surface area contributed by atoms with Crippen LogP contribution in [0.5, 0.6) is 0 Å². The second kappa shape index (κ2) is 21.9. The Balaban J connectivity index is 1.80. The lowest BCUT2D eigenvalue weighted by Crippen LogP contribution is -2.27. The van der Waals surface area contributed by atoms with Crippen LogP contribution in [0.2, 0.25) is 0 Å². The Labute approximate surface area is 266 Å². The number of unbranched alkanes of at least 4 members (excludes halogenated alkanes) is 2. The highest BCUT2D eigenvalue weighted by atomic mass is 16.6. The molecule has 2 aliphatic carbocycles. The van der Waals surface area contributed by atoms with Gasteiger partial charge in [-0.25, -0.2) is 9.59 Å². The lowest BCUT2D eigenvalue weighted by Gasteiger charge is -2.38. The van der Waals surface area contributed by atoms with E-state index in [0.29, 0.717) is 5.92 Å². The van der Waals surface area contributed by atoms with Crippen LogP contribution in [0.1, 0.15) is 111 Å². The molecule has 2 aliphatic rings. The minimum Gasteiger partial charge on any atom is -0.462 e. The lowest BCUT2D eigenvalue weighted by molar-refractivity contribution is -0.145. The van der Waals surface area contributed by atoms with Crippen molar-refractivity contribution in [3.63, 3.8) is 0 Å². The van der Waals surface area contributed by atoms with Gasteiger partial charge in [-0.15, -0.1) is 0 Å². The number of aliphatic hydroxyl groups is 2. The third kappa shape index (κ3) is 16.0. The van der Waals surface area contributed by atoms with Crippen molar-refractivity contribution in [2.75, 3.05) is 39.6 Å². The number of esters is 2. The van der Waals surface area contributed by atoms with Crippen LogP contribution < -0.4 is 0 Å². The summed E-state index contributed by atoms with van der Waals surface area (Å²) in [7, 11) is 0. The van der Waals surface area contributed by atoms with Crippen molar-refractivity contribution in [3.8, 4) is 0 Å². The molecule has 0 aromatic heterocycles. The van der Waals surface area contributed by atoms with Crippen LogP contribution in [0.25, 0.3) is 0 Å². The van der Waals surface area contributed by atoms with E-state index in [2.05, 4.69) is 20.1 Å². The molecule has 2 unspecified atom stereocenters. The van der Waals surface area contributed by atoms with Crippen molar-refractivity contribution < 1.29 is 38.7 Å². The van der Waals surface area contributed by atoms with Crippen LogP contribution in [0.15, 0.2) is 24.3 Å². The van der Waals surface area contributed by atoms with Gasteiger partial charge in [0, 0.05) is 5.92 Å². The van der Waals surface area contributed by atoms with E-state index >= 15 is 0 Å². The van der Waals surface area contributed by atoms with E-state index in [4.69, 9.17) is 18.9 Å². The number of rotatable bonds is 22. The first-order chi connectivity index (χ1) is 21.1. The molecule has 2 N–H and O–H groups in total. The number of carbonyl (C=O) groups excluding carboxylic acids is 2. The summed E-state index contributed by atoms with van der Waals surface area (Å²) in [5.74, 6) is 2.10. The summed E-state index contributed by atoms with van der Waals surface area (Å²) in [4.78, 5) is 25.0. The summed E-state index contributed by atoms with van der Waals surface area (Å²) in [6.45, 7) is 13.4. The Morgan fingerprint density at radius 1 is 0.682 bits per heavy atom. The van der Waals surface area contributed by atoms with Crippen LogP contribution in [-0.2, 0) is 28.5 Å². The fourth-order valence-electron chi connectivity index (χ4n) is 6.68. The van der Waals surface area contributed by atoms with Gasteiger partial charge in [0.1, 0.15) is 0 Å². The van der Waals surface area contributed by atoms with Gasteiger partial charge in [0.2, 0.25) is 0 Å². The standard InChI is InChI=1S/C36H62O8/c1-6-7-8-9-30-12-16-33(17-13-30)34-18-14-31(15-19-34)10-11-32(24-43-35(39)26(2)20-41-22-28(4)37)25-44-36(40)27(3)21-42-23-29(5)38/h28-34,37-38H,2-3,6-25H2,1,4-5H3.